The average molecular weight is 199 g/mol. The molecule has 1 unspecified atom stereocenters. The maximum absolute atomic E-state index is 11.4. The second-order valence-electron chi connectivity index (χ2n) is 5.21. The van der Waals surface area contributed by atoms with E-state index in [9.17, 15) is 4.79 Å². The van der Waals surface area contributed by atoms with E-state index in [2.05, 4.69) is 25.7 Å². The van der Waals surface area contributed by atoms with Crippen molar-refractivity contribution >= 4 is 5.97 Å². The van der Waals surface area contributed by atoms with Gasteiger partial charge in [-0.2, -0.15) is 0 Å². The number of hydrogen-bond acceptors (Lipinski definition) is 3. The molecule has 14 heavy (non-hydrogen) atoms. The molecule has 1 aliphatic rings. The summed E-state index contributed by atoms with van der Waals surface area (Å²) in [4.78, 5) is 13.7. The fourth-order valence-corrected chi connectivity index (χ4v) is 2.03. The zero-order valence-electron chi connectivity index (χ0n) is 9.67. The molecule has 3 nitrogen and oxygen atoms in total. The summed E-state index contributed by atoms with van der Waals surface area (Å²) < 4.78 is 4.80. The minimum atomic E-state index is -0.0771. The highest BCUT2D eigenvalue weighted by atomic mass is 16.5. The molecule has 0 aromatic heterocycles. The molecule has 0 aromatic carbocycles. The van der Waals surface area contributed by atoms with Crippen molar-refractivity contribution in [2.75, 3.05) is 20.2 Å². The number of likely N-dealkylation sites (tertiary alicyclic amines) is 1. The predicted molar refractivity (Wildman–Crippen MR) is 56.1 cm³/mol. The van der Waals surface area contributed by atoms with E-state index in [1.54, 1.807) is 0 Å². The van der Waals surface area contributed by atoms with E-state index in [-0.39, 0.29) is 17.4 Å². The van der Waals surface area contributed by atoms with Crippen molar-refractivity contribution in [3.05, 3.63) is 0 Å². The van der Waals surface area contributed by atoms with Crippen LogP contribution in [0.3, 0.4) is 0 Å². The van der Waals surface area contributed by atoms with Crippen LogP contribution in [0.5, 0.6) is 0 Å². The Morgan fingerprint density at radius 2 is 2.14 bits per heavy atom. The number of ether oxygens (including phenoxy) is 1. The number of rotatable bonds is 2. The molecule has 0 aliphatic carbocycles. The number of nitrogens with zero attached hydrogens (tertiary/aromatic N) is 1. The minimum Gasteiger partial charge on any atom is -0.468 e. The fourth-order valence-electron chi connectivity index (χ4n) is 2.03. The van der Waals surface area contributed by atoms with Crippen molar-refractivity contribution in [2.24, 2.45) is 5.41 Å². The van der Waals surface area contributed by atoms with E-state index in [1.807, 2.05) is 0 Å². The van der Waals surface area contributed by atoms with Crippen molar-refractivity contribution in [3.63, 3.8) is 0 Å². The maximum Gasteiger partial charge on any atom is 0.323 e. The molecule has 0 amide bonds. The van der Waals surface area contributed by atoms with Gasteiger partial charge >= 0.3 is 5.97 Å². The van der Waals surface area contributed by atoms with Crippen LogP contribution in [0.25, 0.3) is 0 Å². The summed E-state index contributed by atoms with van der Waals surface area (Å²) in [6, 6.07) is -0.000718. The summed E-state index contributed by atoms with van der Waals surface area (Å²) in [5.41, 5.74) is 0.247. The van der Waals surface area contributed by atoms with Gasteiger partial charge in [0.2, 0.25) is 0 Å². The third kappa shape index (κ3) is 2.98. The largest absolute Gasteiger partial charge is 0.468 e. The predicted octanol–water partition coefficient (Wildman–Crippen LogP) is 1.67. The molecule has 0 bridgehead atoms. The van der Waals surface area contributed by atoms with Crippen molar-refractivity contribution < 1.29 is 9.53 Å². The summed E-state index contributed by atoms with van der Waals surface area (Å²) in [7, 11) is 1.47. The van der Waals surface area contributed by atoms with Crippen LogP contribution in [0.4, 0.5) is 0 Å². The van der Waals surface area contributed by atoms with Gasteiger partial charge < -0.3 is 4.74 Å². The average Bonchev–Trinajstić information content (AvgIpc) is 2.48. The fraction of sp³-hybridized carbons (Fsp3) is 0.909. The van der Waals surface area contributed by atoms with Gasteiger partial charge in [-0.3, -0.25) is 9.69 Å². The molecule has 0 saturated carbocycles. The van der Waals surface area contributed by atoms with Crippen LogP contribution in [-0.2, 0) is 9.53 Å². The molecule has 3 heteroatoms. The molecule has 0 spiro atoms. The van der Waals surface area contributed by atoms with Crippen LogP contribution < -0.4 is 0 Å². The molecule has 1 atom stereocenters. The lowest BCUT2D eigenvalue weighted by Gasteiger charge is -2.29. The van der Waals surface area contributed by atoms with Crippen LogP contribution in [0, 0.1) is 5.41 Å². The van der Waals surface area contributed by atoms with Crippen molar-refractivity contribution in [3.8, 4) is 0 Å². The van der Waals surface area contributed by atoms with E-state index in [0.717, 1.165) is 25.9 Å². The SMILES string of the molecule is COC(=O)C1CCCN1CC(C)(C)C. The highest BCUT2D eigenvalue weighted by molar-refractivity contribution is 5.75. The highest BCUT2D eigenvalue weighted by Crippen LogP contribution is 2.24. The normalized spacial score (nSPS) is 23.9. The van der Waals surface area contributed by atoms with E-state index in [0.29, 0.717) is 0 Å². The summed E-state index contributed by atoms with van der Waals surface area (Å²) in [6.45, 7) is 8.57. The number of esters is 1. The first-order valence-electron chi connectivity index (χ1n) is 5.26. The van der Waals surface area contributed by atoms with Crippen LogP contribution >= 0.6 is 0 Å². The van der Waals surface area contributed by atoms with E-state index >= 15 is 0 Å². The topological polar surface area (TPSA) is 29.5 Å². The van der Waals surface area contributed by atoms with Crippen molar-refractivity contribution in [2.45, 2.75) is 39.7 Å². The Kier molecular flexibility index (Phi) is 3.53. The first kappa shape index (κ1) is 11.5. The molecule has 1 saturated heterocycles. The molecule has 1 aliphatic heterocycles. The quantitative estimate of drug-likeness (QED) is 0.634. The standard InChI is InChI=1S/C11H21NO2/c1-11(2,3)8-12-7-5-6-9(12)10(13)14-4/h9H,5-8H2,1-4H3. The molecule has 0 N–H and O–H groups in total. The lowest BCUT2D eigenvalue weighted by atomic mass is 9.96. The summed E-state index contributed by atoms with van der Waals surface area (Å²) in [5.74, 6) is -0.0771. The first-order valence-corrected chi connectivity index (χ1v) is 5.26. The Balaban J connectivity index is 2.56. The minimum absolute atomic E-state index is 0.000718. The molecule has 1 rings (SSSR count). The van der Waals surface area contributed by atoms with Gasteiger partial charge in [-0.25, -0.2) is 0 Å². The zero-order chi connectivity index (χ0) is 10.8. The van der Waals surface area contributed by atoms with Gasteiger partial charge in [0.1, 0.15) is 6.04 Å². The van der Waals surface area contributed by atoms with E-state index in [1.165, 1.54) is 7.11 Å². The van der Waals surface area contributed by atoms with Crippen LogP contribution in [-0.4, -0.2) is 37.1 Å². The van der Waals surface area contributed by atoms with Crippen LogP contribution in [0.15, 0.2) is 0 Å². The third-order valence-electron chi connectivity index (χ3n) is 2.51. The van der Waals surface area contributed by atoms with Gasteiger partial charge in [0.05, 0.1) is 7.11 Å². The Morgan fingerprint density at radius 3 is 2.64 bits per heavy atom. The lowest BCUT2D eigenvalue weighted by Crippen LogP contribution is -2.41. The third-order valence-corrected chi connectivity index (χ3v) is 2.51. The summed E-state index contributed by atoms with van der Waals surface area (Å²) in [6.07, 6.45) is 2.05. The first-order chi connectivity index (χ1) is 6.44. The van der Waals surface area contributed by atoms with Gasteiger partial charge in [0, 0.05) is 6.54 Å². The van der Waals surface area contributed by atoms with Crippen molar-refractivity contribution in [1.29, 1.82) is 0 Å². The monoisotopic (exact) mass is 199 g/mol. The zero-order valence-corrected chi connectivity index (χ0v) is 9.67. The molecule has 1 fully saturated rings. The Bertz CT molecular complexity index is 208. The summed E-state index contributed by atoms with van der Waals surface area (Å²) >= 11 is 0. The second-order valence-corrected chi connectivity index (χ2v) is 5.21. The number of hydrogen-bond donors (Lipinski definition) is 0. The van der Waals surface area contributed by atoms with Crippen LogP contribution in [0.1, 0.15) is 33.6 Å². The van der Waals surface area contributed by atoms with Crippen molar-refractivity contribution in [1.82, 2.24) is 4.90 Å². The Hall–Kier alpha value is -0.570. The van der Waals surface area contributed by atoms with Gasteiger partial charge in [-0.1, -0.05) is 20.8 Å². The molecule has 1 heterocycles. The molecule has 0 aromatic rings. The molecular formula is C11H21NO2. The van der Waals surface area contributed by atoms with Gasteiger partial charge in [0.25, 0.3) is 0 Å². The Labute approximate surface area is 86.4 Å². The lowest BCUT2D eigenvalue weighted by molar-refractivity contribution is -0.146. The highest BCUT2D eigenvalue weighted by Gasteiger charge is 2.33. The maximum atomic E-state index is 11.4. The smallest absolute Gasteiger partial charge is 0.323 e. The van der Waals surface area contributed by atoms with Gasteiger partial charge in [0.15, 0.2) is 0 Å². The molecule has 82 valence electrons. The van der Waals surface area contributed by atoms with E-state index < -0.39 is 0 Å². The number of carbonyl (C=O) groups excluding carboxylic acids is 1. The molecule has 0 radical (unpaired) electrons. The number of carbonyl (C=O) groups is 1. The Morgan fingerprint density at radius 1 is 1.50 bits per heavy atom. The number of methoxy groups -OCH3 is 1. The van der Waals surface area contributed by atoms with E-state index in [4.69, 9.17) is 4.74 Å². The van der Waals surface area contributed by atoms with Gasteiger partial charge in [-0.05, 0) is 24.8 Å². The summed E-state index contributed by atoms with van der Waals surface area (Å²) in [5, 5.41) is 0. The van der Waals surface area contributed by atoms with Crippen LogP contribution in [0.2, 0.25) is 0 Å². The van der Waals surface area contributed by atoms with Gasteiger partial charge in [-0.15, -0.1) is 0 Å². The molecular weight excluding hydrogens is 178 g/mol. The second kappa shape index (κ2) is 4.30.